The van der Waals surface area contributed by atoms with Gasteiger partial charge in [0.05, 0.1) is 12.5 Å². The maximum atomic E-state index is 14.4. The maximum Gasteiger partial charge on any atom is 0.309 e. The van der Waals surface area contributed by atoms with Gasteiger partial charge in [0.2, 0.25) is 18.2 Å². The Balaban J connectivity index is 2.71. The zero-order valence-electron chi connectivity index (χ0n) is 20.3. The van der Waals surface area contributed by atoms with E-state index in [-0.39, 0.29) is 12.8 Å². The fourth-order valence-electron chi connectivity index (χ4n) is 4.40. The summed E-state index contributed by atoms with van der Waals surface area (Å²) in [6.45, 7) is 14.3. The third-order valence-electron chi connectivity index (χ3n) is 5.66. The summed E-state index contributed by atoms with van der Waals surface area (Å²) in [4.78, 5) is 39.9. The number of esters is 1. The lowest BCUT2D eigenvalue weighted by Crippen LogP contribution is -2.25. The van der Waals surface area contributed by atoms with Crippen molar-refractivity contribution in [1.29, 1.82) is 0 Å². The molecule has 6 heteroatoms. The molecule has 0 spiro atoms. The van der Waals surface area contributed by atoms with E-state index in [2.05, 4.69) is 0 Å². The van der Waals surface area contributed by atoms with Gasteiger partial charge in [0.25, 0.3) is 0 Å². The molecule has 1 atom stereocenters. The molecule has 2 rings (SSSR count). The van der Waals surface area contributed by atoms with Crippen molar-refractivity contribution in [3.63, 3.8) is 0 Å². The van der Waals surface area contributed by atoms with Crippen molar-refractivity contribution >= 4 is 24.2 Å². The highest BCUT2D eigenvalue weighted by atomic mass is 31.2. The lowest BCUT2D eigenvalue weighted by atomic mass is 10.0. The fourth-order valence-corrected chi connectivity index (χ4v) is 7.26. The average Bonchev–Trinajstić information content (AvgIpc) is 2.66. The summed E-state index contributed by atoms with van der Waals surface area (Å²) in [7, 11) is -4.20. The molecular formula is C26H33O5P. The molecule has 0 aliphatic carbocycles. The molecule has 2 aromatic rings. The van der Waals surface area contributed by atoms with E-state index in [9.17, 15) is 18.9 Å². The van der Waals surface area contributed by atoms with Gasteiger partial charge in [-0.15, -0.1) is 0 Å². The van der Waals surface area contributed by atoms with Crippen molar-refractivity contribution in [2.45, 2.75) is 55.4 Å². The van der Waals surface area contributed by atoms with E-state index in [1.165, 1.54) is 0 Å². The molecule has 0 saturated heterocycles. The van der Waals surface area contributed by atoms with Crippen LogP contribution in [0.15, 0.2) is 24.3 Å². The molecule has 0 radical (unpaired) electrons. The van der Waals surface area contributed by atoms with Gasteiger partial charge in [-0.1, -0.05) is 42.3 Å². The molecule has 0 bridgehead atoms. The number of ether oxygens (including phenoxy) is 1. The van der Waals surface area contributed by atoms with Crippen LogP contribution in [0.3, 0.4) is 0 Å². The minimum atomic E-state index is -4.20. The second-order valence-electron chi connectivity index (χ2n) is 8.73. The third kappa shape index (κ3) is 5.10. The molecule has 172 valence electrons. The van der Waals surface area contributed by atoms with Crippen LogP contribution in [-0.4, -0.2) is 29.8 Å². The number of aryl methyl sites for hydroxylation is 6. The highest BCUT2D eigenvalue weighted by Crippen LogP contribution is 2.55. The minimum absolute atomic E-state index is 0.168. The second kappa shape index (κ2) is 9.95. The molecule has 0 saturated carbocycles. The Hall–Kier alpha value is -2.52. The minimum Gasteiger partial charge on any atom is -0.466 e. The van der Waals surface area contributed by atoms with Crippen LogP contribution in [-0.2, 0) is 14.1 Å². The van der Waals surface area contributed by atoms with Gasteiger partial charge in [-0.25, -0.2) is 0 Å². The zero-order chi connectivity index (χ0) is 24.4. The number of rotatable bonds is 8. The van der Waals surface area contributed by atoms with Crippen LogP contribution in [0.5, 0.6) is 0 Å². The predicted molar refractivity (Wildman–Crippen MR) is 128 cm³/mol. The van der Waals surface area contributed by atoms with E-state index in [0.29, 0.717) is 33.4 Å². The summed E-state index contributed by atoms with van der Waals surface area (Å²) in [5, 5.41) is 0. The Morgan fingerprint density at radius 3 is 1.44 bits per heavy atom. The van der Waals surface area contributed by atoms with Crippen molar-refractivity contribution < 1.29 is 23.7 Å². The first-order valence-corrected chi connectivity index (χ1v) is 12.7. The van der Waals surface area contributed by atoms with Crippen molar-refractivity contribution in [2.24, 2.45) is 5.92 Å². The lowest BCUT2D eigenvalue weighted by molar-refractivity contribution is -0.146. The standard InChI is InChI=1S/C26H33O5P/c1-9-31-24(27)21(8)14-32(30,25(28)22-17(4)10-15(2)11-18(22)5)26(29)23-19(6)12-16(3)13-20(23)7/h10-13,21H,9,14H2,1-8H3. The van der Waals surface area contributed by atoms with Crippen molar-refractivity contribution in [3.8, 4) is 0 Å². The average molecular weight is 457 g/mol. The number of carbonyl (C=O) groups is 3. The lowest BCUT2D eigenvalue weighted by Gasteiger charge is -2.23. The highest BCUT2D eigenvalue weighted by Gasteiger charge is 2.45. The van der Waals surface area contributed by atoms with Gasteiger partial charge in [0.1, 0.15) is 0 Å². The van der Waals surface area contributed by atoms with Crippen LogP contribution in [0.2, 0.25) is 0 Å². The van der Waals surface area contributed by atoms with Crippen LogP contribution < -0.4 is 0 Å². The van der Waals surface area contributed by atoms with Crippen LogP contribution >= 0.6 is 7.14 Å². The molecule has 0 heterocycles. The summed E-state index contributed by atoms with van der Waals surface area (Å²) in [6.07, 6.45) is -0.358. The molecule has 0 aromatic heterocycles. The molecule has 0 aliphatic rings. The Kier molecular flexibility index (Phi) is 8.01. The van der Waals surface area contributed by atoms with E-state index in [4.69, 9.17) is 4.74 Å². The SMILES string of the molecule is CCOC(=O)C(C)CP(=O)(C(=O)c1c(C)cc(C)cc1C)C(=O)c1c(C)cc(C)cc1C. The first kappa shape index (κ1) is 25.7. The van der Waals surface area contributed by atoms with Crippen LogP contribution in [0.25, 0.3) is 0 Å². The first-order chi connectivity index (χ1) is 14.8. The summed E-state index contributed by atoms with van der Waals surface area (Å²) < 4.78 is 19.5. The van der Waals surface area contributed by atoms with Crippen molar-refractivity contribution in [3.05, 3.63) is 68.8 Å². The van der Waals surface area contributed by atoms with E-state index in [0.717, 1.165) is 11.1 Å². The highest BCUT2D eigenvalue weighted by molar-refractivity contribution is 7.95. The first-order valence-electron chi connectivity index (χ1n) is 10.8. The van der Waals surface area contributed by atoms with Gasteiger partial charge in [-0.3, -0.25) is 14.4 Å². The van der Waals surface area contributed by atoms with E-state index in [1.807, 2.05) is 38.1 Å². The summed E-state index contributed by atoms with van der Waals surface area (Å²) in [6, 6.07) is 7.36. The topological polar surface area (TPSA) is 77.5 Å². The molecule has 0 amide bonds. The Bertz CT molecular complexity index is 1010. The van der Waals surface area contributed by atoms with Gasteiger partial charge >= 0.3 is 5.97 Å². The summed E-state index contributed by atoms with van der Waals surface area (Å²) in [5.41, 5.74) is 3.84. The fraction of sp³-hybridized carbons (Fsp3) is 0.423. The molecule has 0 aliphatic heterocycles. The molecule has 32 heavy (non-hydrogen) atoms. The molecule has 2 aromatic carbocycles. The largest absolute Gasteiger partial charge is 0.466 e. The molecule has 1 unspecified atom stereocenters. The van der Waals surface area contributed by atoms with Gasteiger partial charge < -0.3 is 9.30 Å². The van der Waals surface area contributed by atoms with Crippen LogP contribution in [0.1, 0.15) is 67.9 Å². The molecule has 5 nitrogen and oxygen atoms in total. The van der Waals surface area contributed by atoms with Gasteiger partial charge in [0.15, 0.2) is 0 Å². The van der Waals surface area contributed by atoms with E-state index in [1.54, 1.807) is 41.5 Å². The zero-order valence-corrected chi connectivity index (χ0v) is 21.2. The Morgan fingerprint density at radius 1 is 0.781 bits per heavy atom. The van der Waals surface area contributed by atoms with Gasteiger partial charge in [-0.2, -0.15) is 0 Å². The second-order valence-corrected chi connectivity index (χ2v) is 11.4. The number of hydrogen-bond donors (Lipinski definition) is 0. The summed E-state index contributed by atoms with van der Waals surface area (Å²) >= 11 is 0. The maximum absolute atomic E-state index is 14.4. The van der Waals surface area contributed by atoms with Gasteiger partial charge in [-0.05, 0) is 70.7 Å². The number of hydrogen-bond acceptors (Lipinski definition) is 5. The smallest absolute Gasteiger partial charge is 0.309 e. The molecule has 0 fully saturated rings. The predicted octanol–water partition coefficient (Wildman–Crippen LogP) is 6.08. The van der Waals surface area contributed by atoms with Gasteiger partial charge in [0, 0.05) is 17.3 Å². The van der Waals surface area contributed by atoms with Crippen molar-refractivity contribution in [1.82, 2.24) is 0 Å². The number of carbonyl (C=O) groups excluding carboxylic acids is 3. The number of benzene rings is 2. The van der Waals surface area contributed by atoms with Crippen LogP contribution in [0, 0.1) is 47.5 Å². The monoisotopic (exact) mass is 456 g/mol. The normalized spacial score (nSPS) is 12.4. The quantitative estimate of drug-likeness (QED) is 0.355. The Morgan fingerprint density at radius 2 is 1.12 bits per heavy atom. The molecular weight excluding hydrogens is 423 g/mol. The van der Waals surface area contributed by atoms with Crippen LogP contribution in [0.4, 0.5) is 0 Å². The van der Waals surface area contributed by atoms with Crippen molar-refractivity contribution in [2.75, 3.05) is 12.8 Å². The van der Waals surface area contributed by atoms with E-state index >= 15 is 0 Å². The third-order valence-corrected chi connectivity index (χ3v) is 8.48. The Labute approximate surface area is 190 Å². The molecule has 0 N–H and O–H groups in total. The van der Waals surface area contributed by atoms with E-state index < -0.39 is 30.1 Å². The summed E-state index contributed by atoms with van der Waals surface area (Å²) in [5.74, 6) is -1.42.